The first-order valence-electron chi connectivity index (χ1n) is 6.25. The van der Waals surface area contributed by atoms with Crippen molar-refractivity contribution in [1.29, 1.82) is 5.26 Å². The third kappa shape index (κ3) is 3.11. The Morgan fingerprint density at radius 1 is 1.21 bits per heavy atom. The lowest BCUT2D eigenvalue weighted by atomic mass is 10.1. The fourth-order valence-corrected chi connectivity index (χ4v) is 1.90. The number of nitrogens with one attached hydrogen (secondary N) is 1. The number of benzene rings is 2. The molecule has 0 radical (unpaired) electrons. The Kier molecular flexibility index (Phi) is 4.15. The van der Waals surface area contributed by atoms with E-state index < -0.39 is 5.82 Å². The lowest BCUT2D eigenvalue weighted by Crippen LogP contribution is -2.03. The molecule has 0 aliphatic heterocycles. The molecule has 1 N–H and O–H groups in total. The molecule has 2 rings (SSSR count). The van der Waals surface area contributed by atoms with Crippen molar-refractivity contribution in [3.8, 4) is 6.07 Å². The fraction of sp³-hybridized carbons (Fsp3) is 0.188. The second kappa shape index (κ2) is 6.01. The lowest BCUT2D eigenvalue weighted by Gasteiger charge is -2.09. The maximum absolute atomic E-state index is 13.9. The molecular weight excluding hydrogens is 239 g/mol. The van der Waals surface area contributed by atoms with Gasteiger partial charge in [0.1, 0.15) is 11.9 Å². The van der Waals surface area contributed by atoms with Crippen LogP contribution in [0, 0.1) is 17.1 Å². The van der Waals surface area contributed by atoms with Gasteiger partial charge in [-0.15, -0.1) is 0 Å². The van der Waals surface area contributed by atoms with Gasteiger partial charge >= 0.3 is 0 Å². The molecule has 0 bridgehead atoms. The summed E-state index contributed by atoms with van der Waals surface area (Å²) in [6.07, 6.45) is 0.966. The predicted octanol–water partition coefficient (Wildman–Crippen LogP) is 3.87. The van der Waals surface area contributed by atoms with E-state index in [0.717, 1.165) is 12.1 Å². The largest absolute Gasteiger partial charge is 0.381 e. The summed E-state index contributed by atoms with van der Waals surface area (Å²) in [4.78, 5) is 0. The number of halogens is 1. The summed E-state index contributed by atoms with van der Waals surface area (Å²) in [5.41, 5.74) is 2.78. The molecule has 0 atom stereocenters. The lowest BCUT2D eigenvalue weighted by molar-refractivity contribution is 0.609. The van der Waals surface area contributed by atoms with E-state index in [9.17, 15) is 4.39 Å². The van der Waals surface area contributed by atoms with Crippen LogP contribution < -0.4 is 5.32 Å². The maximum Gasteiger partial charge on any atom is 0.145 e. The predicted molar refractivity (Wildman–Crippen MR) is 74.3 cm³/mol. The van der Waals surface area contributed by atoms with E-state index in [4.69, 9.17) is 5.26 Å². The molecule has 0 aromatic heterocycles. The quantitative estimate of drug-likeness (QED) is 0.899. The van der Waals surface area contributed by atoms with Gasteiger partial charge in [0.25, 0.3) is 0 Å². The highest BCUT2D eigenvalue weighted by atomic mass is 19.1. The zero-order valence-corrected chi connectivity index (χ0v) is 10.8. The molecule has 0 amide bonds. The molecule has 0 unspecified atom stereocenters. The smallest absolute Gasteiger partial charge is 0.145 e. The SMILES string of the molecule is CCc1cccc(NCc2cccc(C#N)c2F)c1. The van der Waals surface area contributed by atoms with E-state index >= 15 is 0 Å². The van der Waals surface area contributed by atoms with Crippen molar-refractivity contribution in [2.24, 2.45) is 0 Å². The second-order valence-corrected chi connectivity index (χ2v) is 4.30. The van der Waals surface area contributed by atoms with Crippen molar-refractivity contribution < 1.29 is 4.39 Å². The second-order valence-electron chi connectivity index (χ2n) is 4.30. The number of anilines is 1. The molecule has 19 heavy (non-hydrogen) atoms. The average molecular weight is 254 g/mol. The first-order valence-corrected chi connectivity index (χ1v) is 6.25. The van der Waals surface area contributed by atoms with E-state index in [1.165, 1.54) is 11.6 Å². The van der Waals surface area contributed by atoms with Crippen LogP contribution in [-0.4, -0.2) is 0 Å². The van der Waals surface area contributed by atoms with Gasteiger partial charge in [-0.1, -0.05) is 31.2 Å². The van der Waals surface area contributed by atoms with Crippen LogP contribution >= 0.6 is 0 Å². The van der Waals surface area contributed by atoms with E-state index in [-0.39, 0.29) is 5.56 Å². The number of rotatable bonds is 4. The number of hydrogen-bond acceptors (Lipinski definition) is 2. The molecule has 0 aliphatic carbocycles. The molecule has 0 spiro atoms. The normalized spacial score (nSPS) is 9.95. The monoisotopic (exact) mass is 254 g/mol. The summed E-state index contributed by atoms with van der Waals surface area (Å²) in [5.74, 6) is -0.441. The molecule has 0 aliphatic rings. The Morgan fingerprint density at radius 2 is 2.00 bits per heavy atom. The maximum atomic E-state index is 13.9. The van der Waals surface area contributed by atoms with Gasteiger partial charge in [-0.2, -0.15) is 5.26 Å². The summed E-state index contributed by atoms with van der Waals surface area (Å²) < 4.78 is 13.9. The van der Waals surface area contributed by atoms with Crippen LogP contribution in [0.1, 0.15) is 23.6 Å². The van der Waals surface area contributed by atoms with Gasteiger partial charge in [0.2, 0.25) is 0 Å². The minimum Gasteiger partial charge on any atom is -0.381 e. The molecule has 2 nitrogen and oxygen atoms in total. The first-order chi connectivity index (χ1) is 9.24. The van der Waals surface area contributed by atoms with Crippen molar-refractivity contribution in [1.82, 2.24) is 0 Å². The van der Waals surface area contributed by atoms with Crippen LogP contribution in [0.2, 0.25) is 0 Å². The Bertz CT molecular complexity index is 614. The van der Waals surface area contributed by atoms with Gasteiger partial charge in [0.05, 0.1) is 5.56 Å². The highest BCUT2D eigenvalue weighted by Crippen LogP contribution is 2.16. The van der Waals surface area contributed by atoms with Crippen LogP contribution in [0.25, 0.3) is 0 Å². The Labute approximate surface area is 112 Å². The zero-order valence-electron chi connectivity index (χ0n) is 10.8. The van der Waals surface area contributed by atoms with Gasteiger partial charge in [-0.05, 0) is 30.2 Å². The van der Waals surface area contributed by atoms with Crippen molar-refractivity contribution >= 4 is 5.69 Å². The van der Waals surface area contributed by atoms with Crippen molar-refractivity contribution in [2.75, 3.05) is 5.32 Å². The van der Waals surface area contributed by atoms with Crippen LogP contribution in [0.3, 0.4) is 0 Å². The van der Waals surface area contributed by atoms with E-state index in [2.05, 4.69) is 18.3 Å². The summed E-state index contributed by atoms with van der Waals surface area (Å²) in [6.45, 7) is 2.46. The highest BCUT2D eigenvalue weighted by Gasteiger charge is 2.06. The summed E-state index contributed by atoms with van der Waals surface area (Å²) in [6, 6.07) is 14.7. The molecule has 96 valence electrons. The molecule has 3 heteroatoms. The summed E-state index contributed by atoms with van der Waals surface area (Å²) >= 11 is 0. The minimum absolute atomic E-state index is 0.0848. The number of nitrogens with zero attached hydrogens (tertiary/aromatic N) is 1. The minimum atomic E-state index is -0.441. The average Bonchev–Trinajstić information content (AvgIpc) is 2.46. The molecule has 0 heterocycles. The van der Waals surface area contributed by atoms with Crippen molar-refractivity contribution in [2.45, 2.75) is 19.9 Å². The summed E-state index contributed by atoms with van der Waals surface area (Å²) in [5, 5.41) is 12.0. The van der Waals surface area contributed by atoms with Crippen LogP contribution in [0.5, 0.6) is 0 Å². The number of hydrogen-bond donors (Lipinski definition) is 1. The molecule has 2 aromatic rings. The van der Waals surface area contributed by atoms with Crippen LogP contribution in [0.15, 0.2) is 42.5 Å². The number of nitriles is 1. The van der Waals surface area contributed by atoms with Crippen molar-refractivity contribution in [3.63, 3.8) is 0 Å². The van der Waals surface area contributed by atoms with Gasteiger partial charge in [0, 0.05) is 17.8 Å². The molecule has 0 fully saturated rings. The van der Waals surface area contributed by atoms with Gasteiger partial charge in [-0.3, -0.25) is 0 Å². The van der Waals surface area contributed by atoms with Gasteiger partial charge in [-0.25, -0.2) is 4.39 Å². The topological polar surface area (TPSA) is 35.8 Å². The van der Waals surface area contributed by atoms with E-state index in [1.807, 2.05) is 24.3 Å². The fourth-order valence-electron chi connectivity index (χ4n) is 1.90. The third-order valence-corrected chi connectivity index (χ3v) is 3.02. The molecular formula is C16H15FN2. The molecule has 0 saturated heterocycles. The highest BCUT2D eigenvalue weighted by molar-refractivity contribution is 5.47. The number of aryl methyl sites for hydroxylation is 1. The molecule has 0 saturated carbocycles. The Morgan fingerprint density at radius 3 is 2.74 bits per heavy atom. The first kappa shape index (κ1) is 13.1. The Balaban J connectivity index is 2.12. The van der Waals surface area contributed by atoms with Gasteiger partial charge < -0.3 is 5.32 Å². The standard InChI is InChI=1S/C16H15FN2/c1-2-12-5-3-8-15(9-12)19-11-14-7-4-6-13(10-18)16(14)17/h3-9,19H,2,11H2,1H3. The van der Waals surface area contributed by atoms with E-state index in [1.54, 1.807) is 12.1 Å². The third-order valence-electron chi connectivity index (χ3n) is 3.02. The van der Waals surface area contributed by atoms with E-state index in [0.29, 0.717) is 12.1 Å². The van der Waals surface area contributed by atoms with Crippen LogP contribution in [-0.2, 0) is 13.0 Å². The van der Waals surface area contributed by atoms with Crippen molar-refractivity contribution in [3.05, 3.63) is 65.0 Å². The summed E-state index contributed by atoms with van der Waals surface area (Å²) in [7, 11) is 0. The zero-order chi connectivity index (χ0) is 13.7. The van der Waals surface area contributed by atoms with Gasteiger partial charge in [0.15, 0.2) is 0 Å². The Hall–Kier alpha value is -2.34. The van der Waals surface area contributed by atoms with Crippen LogP contribution in [0.4, 0.5) is 10.1 Å². The molecule has 2 aromatic carbocycles.